The Hall–Kier alpha value is -1.71. The normalized spacial score (nSPS) is 10.4. The average Bonchev–Trinajstić information content (AvgIpc) is 2.49. The predicted molar refractivity (Wildman–Crippen MR) is 84.4 cm³/mol. The fourth-order valence-corrected chi connectivity index (χ4v) is 2.39. The Kier molecular flexibility index (Phi) is 4.88. The van der Waals surface area contributed by atoms with Gasteiger partial charge in [0.1, 0.15) is 5.75 Å². The average molecular weight is 291 g/mol. The van der Waals surface area contributed by atoms with E-state index in [4.69, 9.17) is 22.1 Å². The third-order valence-corrected chi connectivity index (χ3v) is 3.61. The highest BCUT2D eigenvalue weighted by molar-refractivity contribution is 6.31. The minimum absolute atomic E-state index is 0.502. The standard InChI is InChI=1S/C16H19ClN2O/c1-19(15-5-3-4-6-16(15)20-2)11-13-8-7-12(10-18)9-14(13)17/h3-9H,10-11,18H2,1-2H3. The number of hydrogen-bond acceptors (Lipinski definition) is 3. The van der Waals surface area contributed by atoms with Gasteiger partial charge in [0.25, 0.3) is 0 Å². The Balaban J connectivity index is 2.21. The van der Waals surface area contributed by atoms with Gasteiger partial charge in [0.05, 0.1) is 12.8 Å². The van der Waals surface area contributed by atoms with Gasteiger partial charge < -0.3 is 15.4 Å². The van der Waals surface area contributed by atoms with Gasteiger partial charge in [-0.05, 0) is 29.3 Å². The van der Waals surface area contributed by atoms with Gasteiger partial charge in [-0.3, -0.25) is 0 Å². The van der Waals surface area contributed by atoms with Gasteiger partial charge in [-0.15, -0.1) is 0 Å². The number of nitrogens with two attached hydrogens (primary N) is 1. The molecular formula is C16H19ClN2O. The van der Waals surface area contributed by atoms with Crippen LogP contribution in [0.5, 0.6) is 5.75 Å². The van der Waals surface area contributed by atoms with Gasteiger partial charge in [-0.1, -0.05) is 35.9 Å². The molecule has 0 unspecified atom stereocenters. The molecule has 4 heteroatoms. The van der Waals surface area contributed by atoms with E-state index in [-0.39, 0.29) is 0 Å². The van der Waals surface area contributed by atoms with E-state index in [9.17, 15) is 0 Å². The molecule has 2 rings (SSSR count). The van der Waals surface area contributed by atoms with E-state index in [0.717, 1.165) is 27.6 Å². The first-order valence-electron chi connectivity index (χ1n) is 6.47. The molecule has 0 fully saturated rings. The van der Waals surface area contributed by atoms with Crippen LogP contribution in [-0.2, 0) is 13.1 Å². The monoisotopic (exact) mass is 290 g/mol. The second kappa shape index (κ2) is 6.64. The Labute approximate surface area is 124 Å². The molecule has 3 nitrogen and oxygen atoms in total. The number of para-hydroxylation sites is 2. The summed E-state index contributed by atoms with van der Waals surface area (Å²) in [5.74, 6) is 0.852. The zero-order chi connectivity index (χ0) is 14.5. The molecule has 0 atom stereocenters. The molecule has 2 aromatic rings. The Morgan fingerprint density at radius 3 is 2.60 bits per heavy atom. The Bertz CT molecular complexity index is 586. The number of ether oxygens (including phenoxy) is 1. The lowest BCUT2D eigenvalue weighted by atomic mass is 10.1. The molecule has 2 aromatic carbocycles. The molecule has 0 bridgehead atoms. The van der Waals surface area contributed by atoms with Crippen molar-refractivity contribution in [1.29, 1.82) is 0 Å². The van der Waals surface area contributed by atoms with E-state index < -0.39 is 0 Å². The Morgan fingerprint density at radius 2 is 1.95 bits per heavy atom. The van der Waals surface area contributed by atoms with Crippen molar-refractivity contribution < 1.29 is 4.74 Å². The molecule has 0 saturated carbocycles. The highest BCUT2D eigenvalue weighted by Crippen LogP contribution is 2.29. The lowest BCUT2D eigenvalue weighted by Gasteiger charge is -2.22. The molecule has 0 saturated heterocycles. The van der Waals surface area contributed by atoms with Crippen molar-refractivity contribution in [2.75, 3.05) is 19.1 Å². The number of rotatable bonds is 5. The fourth-order valence-electron chi connectivity index (χ4n) is 2.13. The number of methoxy groups -OCH3 is 1. The lowest BCUT2D eigenvalue weighted by Crippen LogP contribution is -2.17. The van der Waals surface area contributed by atoms with Crippen molar-refractivity contribution >= 4 is 17.3 Å². The van der Waals surface area contributed by atoms with E-state index in [1.54, 1.807) is 7.11 Å². The SMILES string of the molecule is COc1ccccc1N(C)Cc1ccc(CN)cc1Cl. The maximum Gasteiger partial charge on any atom is 0.142 e. The summed E-state index contributed by atoms with van der Waals surface area (Å²) in [6, 6.07) is 13.9. The van der Waals surface area contributed by atoms with E-state index >= 15 is 0 Å². The van der Waals surface area contributed by atoms with Crippen molar-refractivity contribution in [3.8, 4) is 5.75 Å². The lowest BCUT2D eigenvalue weighted by molar-refractivity contribution is 0.415. The van der Waals surface area contributed by atoms with Crippen LogP contribution in [0.1, 0.15) is 11.1 Å². The minimum Gasteiger partial charge on any atom is -0.495 e. The number of benzene rings is 2. The van der Waals surface area contributed by atoms with E-state index in [2.05, 4.69) is 4.90 Å². The molecule has 0 radical (unpaired) electrons. The molecule has 0 heterocycles. The van der Waals surface area contributed by atoms with Gasteiger partial charge in [0.2, 0.25) is 0 Å². The summed E-state index contributed by atoms with van der Waals surface area (Å²) in [5.41, 5.74) is 8.76. The number of hydrogen-bond donors (Lipinski definition) is 1. The number of nitrogens with zero attached hydrogens (tertiary/aromatic N) is 1. The zero-order valence-electron chi connectivity index (χ0n) is 11.8. The summed E-state index contributed by atoms with van der Waals surface area (Å²) in [4.78, 5) is 2.11. The van der Waals surface area contributed by atoms with E-state index in [1.165, 1.54) is 0 Å². The summed E-state index contributed by atoms with van der Waals surface area (Å²) < 4.78 is 5.38. The summed E-state index contributed by atoms with van der Waals surface area (Å²) >= 11 is 6.30. The van der Waals surface area contributed by atoms with Crippen LogP contribution in [0, 0.1) is 0 Å². The molecule has 0 aliphatic carbocycles. The quantitative estimate of drug-likeness (QED) is 0.917. The molecule has 0 spiro atoms. The topological polar surface area (TPSA) is 38.5 Å². The van der Waals surface area contributed by atoms with Crippen LogP contribution in [-0.4, -0.2) is 14.2 Å². The molecule has 0 aliphatic rings. The third-order valence-electron chi connectivity index (χ3n) is 3.26. The van der Waals surface area contributed by atoms with Gasteiger partial charge in [-0.25, -0.2) is 0 Å². The van der Waals surface area contributed by atoms with Crippen LogP contribution in [0.25, 0.3) is 0 Å². The molecule has 0 amide bonds. The van der Waals surface area contributed by atoms with Crippen LogP contribution in [0.2, 0.25) is 5.02 Å². The molecule has 20 heavy (non-hydrogen) atoms. The summed E-state index contributed by atoms with van der Waals surface area (Å²) in [6.45, 7) is 1.21. The number of anilines is 1. The van der Waals surface area contributed by atoms with Crippen LogP contribution in [0.4, 0.5) is 5.69 Å². The van der Waals surface area contributed by atoms with Gasteiger partial charge >= 0.3 is 0 Å². The summed E-state index contributed by atoms with van der Waals surface area (Å²) in [7, 11) is 3.70. The molecule has 2 N–H and O–H groups in total. The highest BCUT2D eigenvalue weighted by atomic mass is 35.5. The second-order valence-corrected chi connectivity index (χ2v) is 5.06. The van der Waals surface area contributed by atoms with Gasteiger partial charge in [-0.2, -0.15) is 0 Å². The fraction of sp³-hybridized carbons (Fsp3) is 0.250. The maximum atomic E-state index is 6.30. The minimum atomic E-state index is 0.502. The van der Waals surface area contributed by atoms with Crippen molar-refractivity contribution in [2.24, 2.45) is 5.73 Å². The second-order valence-electron chi connectivity index (χ2n) is 4.66. The van der Waals surface area contributed by atoms with Crippen molar-refractivity contribution in [2.45, 2.75) is 13.1 Å². The van der Waals surface area contributed by atoms with Crippen molar-refractivity contribution in [3.63, 3.8) is 0 Å². The van der Waals surface area contributed by atoms with Crippen molar-refractivity contribution in [3.05, 3.63) is 58.6 Å². The molecule has 0 aromatic heterocycles. The van der Waals surface area contributed by atoms with E-state index in [0.29, 0.717) is 13.1 Å². The predicted octanol–water partition coefficient (Wildman–Crippen LogP) is 3.44. The van der Waals surface area contributed by atoms with Gasteiger partial charge in [0, 0.05) is 25.2 Å². The van der Waals surface area contributed by atoms with Crippen LogP contribution < -0.4 is 15.4 Å². The molecular weight excluding hydrogens is 272 g/mol. The molecule has 0 aliphatic heterocycles. The van der Waals surface area contributed by atoms with Crippen LogP contribution >= 0.6 is 11.6 Å². The number of halogens is 1. The largest absolute Gasteiger partial charge is 0.495 e. The first-order valence-corrected chi connectivity index (χ1v) is 6.85. The smallest absolute Gasteiger partial charge is 0.142 e. The van der Waals surface area contributed by atoms with Crippen LogP contribution in [0.15, 0.2) is 42.5 Å². The highest BCUT2D eigenvalue weighted by Gasteiger charge is 2.10. The zero-order valence-corrected chi connectivity index (χ0v) is 12.5. The Morgan fingerprint density at radius 1 is 1.20 bits per heavy atom. The first kappa shape index (κ1) is 14.7. The van der Waals surface area contributed by atoms with Crippen LogP contribution in [0.3, 0.4) is 0 Å². The third kappa shape index (κ3) is 3.24. The summed E-state index contributed by atoms with van der Waals surface area (Å²) in [5, 5.41) is 0.745. The van der Waals surface area contributed by atoms with Crippen molar-refractivity contribution in [1.82, 2.24) is 0 Å². The maximum absolute atomic E-state index is 6.30. The molecule has 106 valence electrons. The first-order chi connectivity index (χ1) is 9.65. The van der Waals surface area contributed by atoms with E-state index in [1.807, 2.05) is 49.5 Å². The van der Waals surface area contributed by atoms with Gasteiger partial charge in [0.15, 0.2) is 0 Å². The summed E-state index contributed by atoms with van der Waals surface area (Å²) in [6.07, 6.45) is 0.